The SMILES string of the molecule is CNC(=O)c1ccccc1NCC(=O)c1c(N)n(CC(C)C)c(=O)n(C)c1=O. The zero-order valence-corrected chi connectivity index (χ0v) is 16.4. The molecule has 0 fully saturated rings. The minimum Gasteiger partial charge on any atom is -0.384 e. The van der Waals surface area contributed by atoms with E-state index in [1.165, 1.54) is 18.7 Å². The second kappa shape index (κ2) is 8.55. The van der Waals surface area contributed by atoms with Gasteiger partial charge in [-0.2, -0.15) is 0 Å². The van der Waals surface area contributed by atoms with Crippen LogP contribution in [0.25, 0.3) is 0 Å². The van der Waals surface area contributed by atoms with Crippen LogP contribution < -0.4 is 27.6 Å². The van der Waals surface area contributed by atoms with Crippen molar-refractivity contribution in [1.29, 1.82) is 0 Å². The quantitative estimate of drug-likeness (QED) is 0.592. The molecule has 1 aromatic carbocycles. The normalized spacial score (nSPS) is 10.8. The maximum atomic E-state index is 12.7. The molecule has 0 atom stereocenters. The summed E-state index contributed by atoms with van der Waals surface area (Å²) in [6.07, 6.45) is 0. The number of nitrogens with two attached hydrogens (primary N) is 1. The number of nitrogens with zero attached hydrogens (tertiary/aromatic N) is 2. The standard InChI is InChI=1S/C19H25N5O4/c1-11(2)10-24-16(20)15(18(27)23(4)19(24)28)14(25)9-22-13-8-6-5-7-12(13)17(26)21-3/h5-8,11,22H,9-10,20H2,1-4H3,(H,21,26). The first-order chi connectivity index (χ1) is 13.2. The molecule has 150 valence electrons. The van der Waals surface area contributed by atoms with Crippen LogP contribution in [-0.4, -0.2) is 34.4 Å². The Morgan fingerprint density at radius 2 is 1.82 bits per heavy atom. The summed E-state index contributed by atoms with van der Waals surface area (Å²) in [5.74, 6) is -0.926. The minimum absolute atomic E-state index is 0.0954. The lowest BCUT2D eigenvalue weighted by molar-refractivity contribution is 0.0960. The summed E-state index contributed by atoms with van der Waals surface area (Å²) in [5, 5.41) is 5.40. The third kappa shape index (κ3) is 4.13. The molecule has 2 rings (SSSR count). The molecule has 4 N–H and O–H groups in total. The number of Topliss-reactive ketones (excluding diaryl/α,β-unsaturated/α-hetero) is 1. The van der Waals surface area contributed by atoms with E-state index in [2.05, 4.69) is 10.6 Å². The molecule has 1 amide bonds. The van der Waals surface area contributed by atoms with E-state index >= 15 is 0 Å². The summed E-state index contributed by atoms with van der Waals surface area (Å²) in [6.45, 7) is 3.82. The van der Waals surface area contributed by atoms with Crippen molar-refractivity contribution >= 4 is 23.2 Å². The van der Waals surface area contributed by atoms with Crippen molar-refractivity contribution in [3.8, 4) is 0 Å². The number of ketones is 1. The molecule has 0 spiro atoms. The van der Waals surface area contributed by atoms with Gasteiger partial charge in [0.25, 0.3) is 11.5 Å². The van der Waals surface area contributed by atoms with Gasteiger partial charge in [-0.05, 0) is 18.1 Å². The van der Waals surface area contributed by atoms with Crippen LogP contribution in [0.2, 0.25) is 0 Å². The fraction of sp³-hybridized carbons (Fsp3) is 0.368. The smallest absolute Gasteiger partial charge is 0.332 e. The number of anilines is 2. The van der Waals surface area contributed by atoms with E-state index in [0.717, 1.165) is 4.57 Å². The van der Waals surface area contributed by atoms with Gasteiger partial charge < -0.3 is 16.4 Å². The Hall–Kier alpha value is -3.36. The van der Waals surface area contributed by atoms with Gasteiger partial charge in [0.15, 0.2) is 5.78 Å². The fourth-order valence-corrected chi connectivity index (χ4v) is 2.82. The Morgan fingerprint density at radius 1 is 1.18 bits per heavy atom. The van der Waals surface area contributed by atoms with E-state index in [1.807, 2.05) is 13.8 Å². The van der Waals surface area contributed by atoms with Crippen molar-refractivity contribution in [2.24, 2.45) is 13.0 Å². The Balaban J connectivity index is 2.39. The number of rotatable bonds is 7. The maximum absolute atomic E-state index is 12.7. The Labute approximate surface area is 162 Å². The number of carbonyl (C=O) groups is 2. The number of nitrogens with one attached hydrogen (secondary N) is 2. The maximum Gasteiger partial charge on any atom is 0.332 e. The predicted octanol–water partition coefficient (Wildman–Crippen LogP) is 0.440. The summed E-state index contributed by atoms with van der Waals surface area (Å²) in [6, 6.07) is 6.68. The minimum atomic E-state index is -0.742. The second-order valence-electron chi connectivity index (χ2n) is 6.81. The summed E-state index contributed by atoms with van der Waals surface area (Å²) in [4.78, 5) is 49.5. The van der Waals surface area contributed by atoms with E-state index < -0.39 is 17.0 Å². The van der Waals surface area contributed by atoms with Crippen LogP contribution in [0.15, 0.2) is 33.9 Å². The second-order valence-corrected chi connectivity index (χ2v) is 6.81. The van der Waals surface area contributed by atoms with Gasteiger partial charge in [-0.25, -0.2) is 4.79 Å². The molecule has 0 aliphatic carbocycles. The average Bonchev–Trinajstić information content (AvgIpc) is 2.67. The van der Waals surface area contributed by atoms with Gasteiger partial charge in [-0.15, -0.1) is 0 Å². The lowest BCUT2D eigenvalue weighted by Gasteiger charge is -2.16. The van der Waals surface area contributed by atoms with Crippen LogP contribution in [0.3, 0.4) is 0 Å². The van der Waals surface area contributed by atoms with Crippen LogP contribution in [0.5, 0.6) is 0 Å². The van der Waals surface area contributed by atoms with Crippen molar-refractivity contribution in [2.45, 2.75) is 20.4 Å². The number of carbonyl (C=O) groups excluding carboxylic acids is 2. The average molecular weight is 387 g/mol. The molecular weight excluding hydrogens is 362 g/mol. The van der Waals surface area contributed by atoms with Crippen molar-refractivity contribution in [3.63, 3.8) is 0 Å². The van der Waals surface area contributed by atoms with E-state index in [4.69, 9.17) is 5.73 Å². The monoisotopic (exact) mass is 387 g/mol. The van der Waals surface area contributed by atoms with E-state index in [-0.39, 0.29) is 36.3 Å². The van der Waals surface area contributed by atoms with Gasteiger partial charge in [-0.3, -0.25) is 23.5 Å². The van der Waals surface area contributed by atoms with Crippen LogP contribution in [0, 0.1) is 5.92 Å². The molecule has 1 heterocycles. The molecule has 0 aliphatic rings. The molecule has 0 saturated heterocycles. The fourth-order valence-electron chi connectivity index (χ4n) is 2.82. The topological polar surface area (TPSA) is 128 Å². The number of hydrogen-bond acceptors (Lipinski definition) is 6. The number of amides is 1. The zero-order chi connectivity index (χ0) is 21.0. The number of hydrogen-bond donors (Lipinski definition) is 3. The highest BCUT2D eigenvalue weighted by Crippen LogP contribution is 2.15. The van der Waals surface area contributed by atoms with Crippen molar-refractivity contribution < 1.29 is 9.59 Å². The van der Waals surface area contributed by atoms with Crippen molar-refractivity contribution in [2.75, 3.05) is 24.6 Å². The van der Waals surface area contributed by atoms with Gasteiger partial charge >= 0.3 is 5.69 Å². The molecule has 0 saturated carbocycles. The van der Waals surface area contributed by atoms with Crippen LogP contribution in [0.4, 0.5) is 11.5 Å². The molecular formula is C19H25N5O4. The molecule has 28 heavy (non-hydrogen) atoms. The van der Waals surface area contributed by atoms with E-state index in [1.54, 1.807) is 24.3 Å². The first kappa shape index (κ1) is 20.9. The molecule has 2 aromatic rings. The van der Waals surface area contributed by atoms with Gasteiger partial charge in [0.1, 0.15) is 11.4 Å². The Morgan fingerprint density at radius 3 is 2.43 bits per heavy atom. The molecule has 9 heteroatoms. The molecule has 0 bridgehead atoms. The molecule has 1 aromatic heterocycles. The molecule has 0 aliphatic heterocycles. The number of para-hydroxylation sites is 1. The van der Waals surface area contributed by atoms with Crippen molar-refractivity contribution in [3.05, 3.63) is 56.2 Å². The number of benzene rings is 1. The lowest BCUT2D eigenvalue weighted by Crippen LogP contribution is -2.43. The number of aromatic nitrogens is 2. The summed E-state index contributed by atoms with van der Waals surface area (Å²) in [5.41, 5.74) is 5.27. The van der Waals surface area contributed by atoms with Gasteiger partial charge in [-0.1, -0.05) is 26.0 Å². The van der Waals surface area contributed by atoms with E-state index in [9.17, 15) is 19.2 Å². The summed E-state index contributed by atoms with van der Waals surface area (Å²) in [7, 11) is 2.82. The molecule has 0 radical (unpaired) electrons. The predicted molar refractivity (Wildman–Crippen MR) is 108 cm³/mol. The van der Waals surface area contributed by atoms with E-state index in [0.29, 0.717) is 11.3 Å². The van der Waals surface area contributed by atoms with Crippen LogP contribution >= 0.6 is 0 Å². The Bertz CT molecular complexity index is 1020. The highest BCUT2D eigenvalue weighted by molar-refractivity contribution is 6.04. The van der Waals surface area contributed by atoms with Gasteiger partial charge in [0.05, 0.1) is 12.1 Å². The third-order valence-corrected chi connectivity index (χ3v) is 4.25. The molecule has 0 unspecified atom stereocenters. The van der Waals surface area contributed by atoms with Crippen LogP contribution in [-0.2, 0) is 13.6 Å². The first-order valence-electron chi connectivity index (χ1n) is 8.86. The first-order valence-corrected chi connectivity index (χ1v) is 8.86. The number of nitrogen functional groups attached to an aromatic ring is 1. The lowest BCUT2D eigenvalue weighted by atomic mass is 10.1. The third-order valence-electron chi connectivity index (χ3n) is 4.25. The Kier molecular flexibility index (Phi) is 6.40. The zero-order valence-electron chi connectivity index (χ0n) is 16.4. The largest absolute Gasteiger partial charge is 0.384 e. The highest BCUT2D eigenvalue weighted by atomic mass is 16.2. The van der Waals surface area contributed by atoms with Crippen LogP contribution in [0.1, 0.15) is 34.6 Å². The molecule has 9 nitrogen and oxygen atoms in total. The van der Waals surface area contributed by atoms with Crippen molar-refractivity contribution in [1.82, 2.24) is 14.5 Å². The summed E-state index contributed by atoms with van der Waals surface area (Å²) < 4.78 is 2.11. The van der Waals surface area contributed by atoms with Gasteiger partial charge in [0.2, 0.25) is 0 Å². The highest BCUT2D eigenvalue weighted by Gasteiger charge is 2.22. The summed E-state index contributed by atoms with van der Waals surface area (Å²) >= 11 is 0. The van der Waals surface area contributed by atoms with Gasteiger partial charge in [0, 0.05) is 26.3 Å².